The van der Waals surface area contributed by atoms with Crippen LogP contribution >= 0.6 is 0 Å². The third kappa shape index (κ3) is 2.06. The number of benzene rings is 1. The van der Waals surface area contributed by atoms with E-state index >= 15 is 0 Å². The molecule has 0 atom stereocenters. The zero-order chi connectivity index (χ0) is 12.5. The van der Waals surface area contributed by atoms with Crippen molar-refractivity contribution in [1.82, 2.24) is 0 Å². The summed E-state index contributed by atoms with van der Waals surface area (Å²) in [5.74, 6) is -2.77. The highest BCUT2D eigenvalue weighted by Crippen LogP contribution is 2.29. The second-order valence-corrected chi connectivity index (χ2v) is 4.57. The molecule has 0 heterocycles. The van der Waals surface area contributed by atoms with E-state index in [0.29, 0.717) is 11.5 Å². The molecule has 0 bridgehead atoms. The molecule has 0 amide bonds. The standard InChI is InChI=1S/C8H5F2NO4S/c1-2-16(14,15)7-4-5(9)3-6(10)8(7)11(12)13/h2-4H,1H2. The number of hydrogen-bond donors (Lipinski definition) is 0. The highest BCUT2D eigenvalue weighted by Gasteiger charge is 2.29. The lowest BCUT2D eigenvalue weighted by Crippen LogP contribution is -2.05. The summed E-state index contributed by atoms with van der Waals surface area (Å²) in [4.78, 5) is 8.18. The Morgan fingerprint density at radius 2 is 1.94 bits per heavy atom. The van der Waals surface area contributed by atoms with Crippen molar-refractivity contribution in [2.45, 2.75) is 4.90 Å². The van der Waals surface area contributed by atoms with Crippen LogP contribution in [0.2, 0.25) is 0 Å². The van der Waals surface area contributed by atoms with Crippen LogP contribution in [-0.4, -0.2) is 13.3 Å². The van der Waals surface area contributed by atoms with Crippen molar-refractivity contribution in [3.63, 3.8) is 0 Å². The molecule has 0 aromatic heterocycles. The second-order valence-electron chi connectivity index (χ2n) is 2.70. The second kappa shape index (κ2) is 3.97. The monoisotopic (exact) mass is 249 g/mol. The van der Waals surface area contributed by atoms with Crippen molar-refractivity contribution in [2.75, 3.05) is 0 Å². The molecule has 0 fully saturated rings. The molecule has 0 N–H and O–H groups in total. The van der Waals surface area contributed by atoms with E-state index in [1.807, 2.05) is 0 Å². The first kappa shape index (κ1) is 12.2. The van der Waals surface area contributed by atoms with Crippen LogP contribution in [0.5, 0.6) is 0 Å². The summed E-state index contributed by atoms with van der Waals surface area (Å²) in [7, 11) is -4.28. The minimum atomic E-state index is -4.28. The van der Waals surface area contributed by atoms with Gasteiger partial charge in [-0.2, -0.15) is 4.39 Å². The predicted molar refractivity (Wildman–Crippen MR) is 50.4 cm³/mol. The van der Waals surface area contributed by atoms with Crippen LogP contribution in [0, 0.1) is 21.7 Å². The Balaban J connectivity index is 3.74. The van der Waals surface area contributed by atoms with Gasteiger partial charge in [0.1, 0.15) is 5.82 Å². The van der Waals surface area contributed by atoms with Crippen LogP contribution in [0.1, 0.15) is 0 Å². The van der Waals surface area contributed by atoms with Gasteiger partial charge in [-0.1, -0.05) is 6.58 Å². The van der Waals surface area contributed by atoms with Crippen LogP contribution in [0.3, 0.4) is 0 Å². The van der Waals surface area contributed by atoms with Gasteiger partial charge in [-0.15, -0.1) is 0 Å². The largest absolute Gasteiger partial charge is 0.323 e. The summed E-state index contributed by atoms with van der Waals surface area (Å²) < 4.78 is 48.4. The molecule has 0 aliphatic heterocycles. The number of nitro benzene ring substituents is 1. The lowest BCUT2D eigenvalue weighted by Gasteiger charge is -2.02. The van der Waals surface area contributed by atoms with Gasteiger partial charge in [-0.3, -0.25) is 10.1 Å². The molecule has 0 aliphatic carbocycles. The van der Waals surface area contributed by atoms with Gasteiger partial charge >= 0.3 is 5.69 Å². The summed E-state index contributed by atoms with van der Waals surface area (Å²) in [6.45, 7) is 2.91. The Morgan fingerprint density at radius 3 is 2.38 bits per heavy atom. The van der Waals surface area contributed by atoms with Gasteiger partial charge in [-0.25, -0.2) is 12.8 Å². The zero-order valence-electron chi connectivity index (χ0n) is 7.68. The third-order valence-corrected chi connectivity index (χ3v) is 3.06. The minimum Gasteiger partial charge on any atom is -0.258 e. The van der Waals surface area contributed by atoms with E-state index in [4.69, 9.17) is 0 Å². The first-order valence-corrected chi connectivity index (χ1v) is 5.35. The SMILES string of the molecule is C=CS(=O)(=O)c1cc(F)cc(F)c1[N+](=O)[O-]. The van der Waals surface area contributed by atoms with Crippen molar-refractivity contribution in [3.05, 3.63) is 45.9 Å². The Bertz CT molecular complexity index is 568. The van der Waals surface area contributed by atoms with Crippen molar-refractivity contribution in [2.24, 2.45) is 0 Å². The molecular weight excluding hydrogens is 244 g/mol. The molecule has 0 spiro atoms. The molecule has 1 rings (SSSR count). The molecule has 0 saturated heterocycles. The van der Waals surface area contributed by atoms with E-state index in [9.17, 15) is 27.3 Å². The van der Waals surface area contributed by atoms with Gasteiger partial charge < -0.3 is 0 Å². The normalized spacial score (nSPS) is 11.1. The number of nitro groups is 1. The van der Waals surface area contributed by atoms with Crippen LogP contribution in [0.25, 0.3) is 0 Å². The molecule has 0 aliphatic rings. The number of rotatable bonds is 3. The molecule has 0 radical (unpaired) electrons. The molecule has 0 unspecified atom stereocenters. The Morgan fingerprint density at radius 1 is 1.38 bits per heavy atom. The fourth-order valence-electron chi connectivity index (χ4n) is 1.03. The summed E-state index contributed by atoms with van der Waals surface area (Å²) in [5, 5.41) is 10.8. The lowest BCUT2D eigenvalue weighted by atomic mass is 10.3. The molecule has 0 saturated carbocycles. The molecule has 86 valence electrons. The summed E-state index contributed by atoms with van der Waals surface area (Å²) >= 11 is 0. The van der Waals surface area contributed by atoms with Gasteiger partial charge in [0.05, 0.1) is 4.92 Å². The van der Waals surface area contributed by atoms with Crippen molar-refractivity contribution in [3.8, 4) is 0 Å². The molecule has 1 aromatic rings. The maximum Gasteiger partial charge on any atom is 0.323 e. The number of halogens is 2. The van der Waals surface area contributed by atoms with E-state index < -0.39 is 37.0 Å². The van der Waals surface area contributed by atoms with E-state index in [0.717, 1.165) is 0 Å². The number of nitrogens with zero attached hydrogens (tertiary/aromatic N) is 1. The van der Waals surface area contributed by atoms with Gasteiger partial charge in [0.25, 0.3) is 0 Å². The predicted octanol–water partition coefficient (Wildman–Crippen LogP) is 1.79. The minimum absolute atomic E-state index is 0.236. The smallest absolute Gasteiger partial charge is 0.258 e. The van der Waals surface area contributed by atoms with Gasteiger partial charge in [0.15, 0.2) is 4.90 Å². The van der Waals surface area contributed by atoms with E-state index in [1.165, 1.54) is 0 Å². The van der Waals surface area contributed by atoms with E-state index in [2.05, 4.69) is 6.58 Å². The number of sulfone groups is 1. The Labute approximate surface area is 89.1 Å². The number of hydrogen-bond acceptors (Lipinski definition) is 4. The van der Waals surface area contributed by atoms with Crippen LogP contribution in [0.15, 0.2) is 29.0 Å². The lowest BCUT2D eigenvalue weighted by molar-refractivity contribution is -0.390. The topological polar surface area (TPSA) is 77.3 Å². The van der Waals surface area contributed by atoms with Crippen LogP contribution < -0.4 is 0 Å². The molecule has 5 nitrogen and oxygen atoms in total. The molecule has 1 aromatic carbocycles. The van der Waals surface area contributed by atoms with Crippen LogP contribution in [0.4, 0.5) is 14.5 Å². The van der Waals surface area contributed by atoms with Gasteiger partial charge in [0, 0.05) is 17.5 Å². The molecular formula is C8H5F2NO4S. The quantitative estimate of drug-likeness (QED) is 0.604. The van der Waals surface area contributed by atoms with Crippen LogP contribution in [-0.2, 0) is 9.84 Å². The Hall–Kier alpha value is -1.83. The zero-order valence-corrected chi connectivity index (χ0v) is 8.50. The summed E-state index contributed by atoms with van der Waals surface area (Å²) in [5.41, 5.74) is -1.29. The maximum absolute atomic E-state index is 13.0. The fourth-order valence-corrected chi connectivity index (χ4v) is 1.92. The van der Waals surface area contributed by atoms with E-state index in [-0.39, 0.29) is 6.07 Å². The third-order valence-electron chi connectivity index (χ3n) is 1.70. The highest BCUT2D eigenvalue weighted by molar-refractivity contribution is 7.94. The van der Waals surface area contributed by atoms with Crippen molar-refractivity contribution >= 4 is 15.5 Å². The fraction of sp³-hybridized carbons (Fsp3) is 0. The first-order chi connectivity index (χ1) is 7.29. The highest BCUT2D eigenvalue weighted by atomic mass is 32.2. The molecule has 16 heavy (non-hydrogen) atoms. The van der Waals surface area contributed by atoms with Crippen molar-refractivity contribution < 1.29 is 22.1 Å². The van der Waals surface area contributed by atoms with Crippen molar-refractivity contribution in [1.29, 1.82) is 0 Å². The average molecular weight is 249 g/mol. The first-order valence-electron chi connectivity index (χ1n) is 3.80. The summed E-state index contributed by atoms with van der Waals surface area (Å²) in [6.07, 6.45) is 0. The molecule has 8 heteroatoms. The maximum atomic E-state index is 13.0. The average Bonchev–Trinajstić information content (AvgIpc) is 2.15. The van der Waals surface area contributed by atoms with E-state index in [1.54, 1.807) is 0 Å². The Kier molecular flexibility index (Phi) is 3.04. The van der Waals surface area contributed by atoms with Gasteiger partial charge in [0.2, 0.25) is 15.7 Å². The summed E-state index contributed by atoms with van der Waals surface area (Å²) in [6, 6.07) is 0.610. The van der Waals surface area contributed by atoms with Gasteiger partial charge in [-0.05, 0) is 0 Å².